The summed E-state index contributed by atoms with van der Waals surface area (Å²) in [6.45, 7) is 6.54. The third kappa shape index (κ3) is 5.03. The van der Waals surface area contributed by atoms with E-state index in [-0.39, 0.29) is 29.6 Å². The first-order valence-corrected chi connectivity index (χ1v) is 8.57. The molecule has 1 fully saturated rings. The van der Waals surface area contributed by atoms with Crippen molar-refractivity contribution in [3.05, 3.63) is 35.6 Å². The Hall–Kier alpha value is -1.95. The van der Waals surface area contributed by atoms with E-state index in [1.54, 1.807) is 4.90 Å². The van der Waals surface area contributed by atoms with E-state index >= 15 is 0 Å². The van der Waals surface area contributed by atoms with Gasteiger partial charge in [-0.2, -0.15) is 0 Å². The zero-order valence-electron chi connectivity index (χ0n) is 14.3. The lowest BCUT2D eigenvalue weighted by atomic mass is 9.96. The minimum absolute atomic E-state index is 0.00337. The lowest BCUT2D eigenvalue weighted by Crippen LogP contribution is -2.47. The van der Waals surface area contributed by atoms with E-state index in [0.717, 1.165) is 19.4 Å². The Kier molecular flexibility index (Phi) is 6.73. The van der Waals surface area contributed by atoms with Gasteiger partial charge in [-0.05, 0) is 50.6 Å². The Balaban J connectivity index is 1.90. The number of hydrogen-bond donors (Lipinski definition) is 2. The van der Waals surface area contributed by atoms with Gasteiger partial charge in [-0.15, -0.1) is 0 Å². The molecule has 0 spiro atoms. The molecule has 0 aromatic heterocycles. The molecule has 1 unspecified atom stereocenters. The number of benzene rings is 1. The second kappa shape index (κ2) is 8.78. The van der Waals surface area contributed by atoms with Crippen molar-refractivity contribution >= 4 is 11.8 Å². The van der Waals surface area contributed by atoms with Gasteiger partial charge < -0.3 is 15.5 Å². The molecule has 1 saturated heterocycles. The van der Waals surface area contributed by atoms with Crippen molar-refractivity contribution in [2.45, 2.75) is 32.7 Å². The van der Waals surface area contributed by atoms with Crippen LogP contribution in [0.3, 0.4) is 0 Å². The average Bonchev–Trinajstić information content (AvgIpc) is 2.60. The van der Waals surface area contributed by atoms with Crippen molar-refractivity contribution in [1.82, 2.24) is 15.5 Å². The molecule has 0 aliphatic carbocycles. The van der Waals surface area contributed by atoms with Crippen molar-refractivity contribution in [2.75, 3.05) is 26.2 Å². The van der Waals surface area contributed by atoms with Crippen molar-refractivity contribution in [3.63, 3.8) is 0 Å². The van der Waals surface area contributed by atoms with Crippen molar-refractivity contribution in [2.24, 2.45) is 5.92 Å². The molecule has 1 heterocycles. The zero-order valence-corrected chi connectivity index (χ0v) is 14.3. The summed E-state index contributed by atoms with van der Waals surface area (Å²) in [6, 6.07) is 5.76. The molecule has 132 valence electrons. The summed E-state index contributed by atoms with van der Waals surface area (Å²) >= 11 is 0. The van der Waals surface area contributed by atoms with E-state index in [4.69, 9.17) is 0 Å². The van der Waals surface area contributed by atoms with E-state index in [0.29, 0.717) is 25.2 Å². The molecule has 0 saturated carbocycles. The average molecular weight is 335 g/mol. The SMILES string of the molecule is CCN[C@H](C)CNC(=O)C1CCCN(C(=O)c2ccc(F)cc2)C1. The first-order valence-electron chi connectivity index (χ1n) is 8.57. The summed E-state index contributed by atoms with van der Waals surface area (Å²) in [4.78, 5) is 26.5. The van der Waals surface area contributed by atoms with Gasteiger partial charge in [0.2, 0.25) is 5.91 Å². The Morgan fingerprint density at radius 1 is 1.33 bits per heavy atom. The van der Waals surface area contributed by atoms with E-state index in [1.165, 1.54) is 24.3 Å². The largest absolute Gasteiger partial charge is 0.354 e. The Morgan fingerprint density at radius 2 is 2.04 bits per heavy atom. The summed E-state index contributed by atoms with van der Waals surface area (Å²) < 4.78 is 13.0. The fraction of sp³-hybridized carbons (Fsp3) is 0.556. The molecule has 1 aromatic carbocycles. The van der Waals surface area contributed by atoms with Gasteiger partial charge in [0.15, 0.2) is 0 Å². The molecular formula is C18H26FN3O2. The third-order valence-electron chi connectivity index (χ3n) is 4.31. The first kappa shape index (κ1) is 18.4. The van der Waals surface area contributed by atoms with Crippen LogP contribution in [0.25, 0.3) is 0 Å². The van der Waals surface area contributed by atoms with Gasteiger partial charge in [0, 0.05) is 31.2 Å². The molecule has 6 heteroatoms. The normalized spacial score (nSPS) is 19.0. The number of halogens is 1. The second-order valence-corrected chi connectivity index (χ2v) is 6.30. The summed E-state index contributed by atoms with van der Waals surface area (Å²) in [5.41, 5.74) is 0.457. The van der Waals surface area contributed by atoms with Gasteiger partial charge in [0.05, 0.1) is 5.92 Å². The molecule has 5 nitrogen and oxygen atoms in total. The van der Waals surface area contributed by atoms with Gasteiger partial charge >= 0.3 is 0 Å². The van der Waals surface area contributed by atoms with E-state index in [9.17, 15) is 14.0 Å². The van der Waals surface area contributed by atoms with Crippen LogP contribution in [0.4, 0.5) is 4.39 Å². The molecule has 1 aliphatic heterocycles. The van der Waals surface area contributed by atoms with E-state index in [1.807, 2.05) is 13.8 Å². The number of nitrogens with one attached hydrogen (secondary N) is 2. The second-order valence-electron chi connectivity index (χ2n) is 6.30. The van der Waals surface area contributed by atoms with Gasteiger partial charge in [-0.1, -0.05) is 6.92 Å². The third-order valence-corrected chi connectivity index (χ3v) is 4.31. The zero-order chi connectivity index (χ0) is 17.5. The lowest BCUT2D eigenvalue weighted by Gasteiger charge is -2.32. The maximum atomic E-state index is 13.0. The van der Waals surface area contributed by atoms with Gasteiger partial charge in [-0.3, -0.25) is 9.59 Å². The molecule has 1 aliphatic rings. The smallest absolute Gasteiger partial charge is 0.253 e. The standard InChI is InChI=1S/C18H26FN3O2/c1-3-20-13(2)11-21-17(23)15-5-4-10-22(12-15)18(24)14-6-8-16(19)9-7-14/h6-9,13,15,20H,3-5,10-12H2,1-2H3,(H,21,23)/t13-,15?/m1/s1. The van der Waals surface area contributed by atoms with Crippen LogP contribution >= 0.6 is 0 Å². The molecule has 0 radical (unpaired) electrons. The number of piperidine rings is 1. The summed E-state index contributed by atoms with van der Waals surface area (Å²) in [5, 5.41) is 6.20. The van der Waals surface area contributed by atoms with Gasteiger partial charge in [0.1, 0.15) is 5.82 Å². The topological polar surface area (TPSA) is 61.4 Å². The van der Waals surface area contributed by atoms with Gasteiger partial charge in [0.25, 0.3) is 5.91 Å². The van der Waals surface area contributed by atoms with Crippen molar-refractivity contribution in [3.8, 4) is 0 Å². The van der Waals surface area contributed by atoms with E-state index < -0.39 is 0 Å². The number of carbonyl (C=O) groups excluding carboxylic acids is 2. The molecule has 2 atom stereocenters. The van der Waals surface area contributed by atoms with Gasteiger partial charge in [-0.25, -0.2) is 4.39 Å². The molecule has 2 amide bonds. The van der Waals surface area contributed by atoms with Crippen LogP contribution in [-0.2, 0) is 4.79 Å². The maximum absolute atomic E-state index is 13.0. The number of likely N-dealkylation sites (tertiary alicyclic amines) is 1. The highest BCUT2D eigenvalue weighted by Crippen LogP contribution is 2.19. The summed E-state index contributed by atoms with van der Waals surface area (Å²) in [7, 11) is 0. The number of likely N-dealkylation sites (N-methyl/N-ethyl adjacent to an activating group) is 1. The monoisotopic (exact) mass is 335 g/mol. The highest BCUT2D eigenvalue weighted by atomic mass is 19.1. The highest BCUT2D eigenvalue weighted by Gasteiger charge is 2.28. The first-order chi connectivity index (χ1) is 11.5. The Morgan fingerprint density at radius 3 is 2.71 bits per heavy atom. The van der Waals surface area contributed by atoms with E-state index in [2.05, 4.69) is 10.6 Å². The molecule has 24 heavy (non-hydrogen) atoms. The maximum Gasteiger partial charge on any atom is 0.253 e. The van der Waals surface area contributed by atoms with Crippen LogP contribution in [0, 0.1) is 11.7 Å². The molecule has 2 N–H and O–H groups in total. The predicted molar refractivity (Wildman–Crippen MR) is 91.2 cm³/mol. The Labute approximate surface area is 142 Å². The lowest BCUT2D eigenvalue weighted by molar-refractivity contribution is -0.126. The molecule has 2 rings (SSSR count). The number of carbonyl (C=O) groups is 2. The molecular weight excluding hydrogens is 309 g/mol. The molecule has 0 bridgehead atoms. The van der Waals surface area contributed by atoms with Crippen LogP contribution in [-0.4, -0.2) is 48.9 Å². The summed E-state index contributed by atoms with van der Waals surface area (Å²) in [5.74, 6) is -0.695. The fourth-order valence-corrected chi connectivity index (χ4v) is 2.97. The number of hydrogen-bond acceptors (Lipinski definition) is 3. The number of nitrogens with zero attached hydrogens (tertiary/aromatic N) is 1. The quantitative estimate of drug-likeness (QED) is 0.833. The van der Waals surface area contributed by atoms with Crippen LogP contribution in [0.15, 0.2) is 24.3 Å². The van der Waals surface area contributed by atoms with Crippen molar-refractivity contribution < 1.29 is 14.0 Å². The number of amides is 2. The minimum atomic E-state index is -0.364. The minimum Gasteiger partial charge on any atom is -0.354 e. The fourth-order valence-electron chi connectivity index (χ4n) is 2.97. The van der Waals surface area contributed by atoms with Crippen LogP contribution in [0.1, 0.15) is 37.0 Å². The Bertz CT molecular complexity index is 562. The molecule has 1 aromatic rings. The highest BCUT2D eigenvalue weighted by molar-refractivity contribution is 5.94. The number of rotatable bonds is 6. The predicted octanol–water partition coefficient (Wildman–Crippen LogP) is 1.79. The summed E-state index contributed by atoms with van der Waals surface area (Å²) in [6.07, 6.45) is 1.59. The van der Waals surface area contributed by atoms with Crippen LogP contribution in [0.2, 0.25) is 0 Å². The van der Waals surface area contributed by atoms with Crippen LogP contribution < -0.4 is 10.6 Å². The van der Waals surface area contributed by atoms with Crippen molar-refractivity contribution in [1.29, 1.82) is 0 Å². The van der Waals surface area contributed by atoms with Crippen LogP contribution in [0.5, 0.6) is 0 Å².